The van der Waals surface area contributed by atoms with Gasteiger partial charge in [-0.3, -0.25) is 19.3 Å². The number of hydrogen-bond acceptors (Lipinski definition) is 7. The fourth-order valence-corrected chi connectivity index (χ4v) is 4.56. The molecule has 0 spiro atoms. The summed E-state index contributed by atoms with van der Waals surface area (Å²) in [7, 11) is 1.64. The number of morpholine rings is 1. The van der Waals surface area contributed by atoms with E-state index in [0.717, 1.165) is 54.5 Å². The molecule has 8 nitrogen and oxygen atoms in total. The van der Waals surface area contributed by atoms with Crippen LogP contribution in [-0.2, 0) is 11.3 Å². The first-order chi connectivity index (χ1) is 14.6. The number of fused-ring (bicyclic) bond motifs is 1. The molecule has 4 rings (SSSR count). The topological polar surface area (TPSA) is 72.7 Å². The second kappa shape index (κ2) is 9.11. The van der Waals surface area contributed by atoms with Crippen LogP contribution in [0, 0.1) is 6.92 Å². The molecular weight excluding hydrogens is 402 g/mol. The summed E-state index contributed by atoms with van der Waals surface area (Å²) in [5.74, 6) is 0.682. The average Bonchev–Trinajstić information content (AvgIpc) is 3.36. The third-order valence-corrected chi connectivity index (χ3v) is 6.28. The van der Waals surface area contributed by atoms with Crippen LogP contribution in [0.15, 0.2) is 24.3 Å². The molecule has 1 aromatic carbocycles. The van der Waals surface area contributed by atoms with E-state index in [0.29, 0.717) is 23.9 Å². The van der Waals surface area contributed by atoms with Crippen LogP contribution < -0.4 is 9.64 Å². The maximum atomic E-state index is 13.6. The smallest absolute Gasteiger partial charge is 0.278 e. The number of anilines is 1. The number of aromatic nitrogens is 3. The molecular formula is C21H27N5O3S. The van der Waals surface area contributed by atoms with Crippen LogP contribution in [0.4, 0.5) is 5.13 Å². The molecule has 3 heterocycles. The molecule has 1 aliphatic rings. The highest BCUT2D eigenvalue weighted by Gasteiger charge is 2.25. The first-order valence-corrected chi connectivity index (χ1v) is 11.0. The number of ether oxygens (including phenoxy) is 2. The van der Waals surface area contributed by atoms with Gasteiger partial charge in [0.25, 0.3) is 5.91 Å². The van der Waals surface area contributed by atoms with Gasteiger partial charge in [0, 0.05) is 38.8 Å². The molecule has 0 N–H and O–H groups in total. The number of hydrogen-bond donors (Lipinski definition) is 0. The quantitative estimate of drug-likeness (QED) is 0.575. The van der Waals surface area contributed by atoms with Crippen LogP contribution in [0.3, 0.4) is 0 Å². The van der Waals surface area contributed by atoms with Crippen molar-refractivity contribution in [2.75, 3.05) is 51.4 Å². The van der Waals surface area contributed by atoms with Gasteiger partial charge in [-0.25, -0.2) is 4.98 Å². The SMILES string of the molecule is CCn1nc(C)cc1C(=O)N(CCN1CCOCC1)c1nc2cc(OC)ccc2s1. The lowest BCUT2D eigenvalue weighted by atomic mass is 10.3. The van der Waals surface area contributed by atoms with Crippen molar-refractivity contribution >= 4 is 32.6 Å². The Kier molecular flexibility index (Phi) is 6.31. The van der Waals surface area contributed by atoms with Crippen molar-refractivity contribution in [3.05, 3.63) is 35.7 Å². The van der Waals surface area contributed by atoms with E-state index < -0.39 is 0 Å². The summed E-state index contributed by atoms with van der Waals surface area (Å²) in [5, 5.41) is 5.14. The van der Waals surface area contributed by atoms with E-state index in [-0.39, 0.29) is 5.91 Å². The van der Waals surface area contributed by atoms with E-state index in [4.69, 9.17) is 14.5 Å². The number of rotatable bonds is 7. The Balaban J connectivity index is 1.66. The minimum Gasteiger partial charge on any atom is -0.497 e. The first-order valence-electron chi connectivity index (χ1n) is 10.2. The van der Waals surface area contributed by atoms with Gasteiger partial charge in [0.1, 0.15) is 11.4 Å². The predicted octanol–water partition coefficient (Wildman–Crippen LogP) is 2.81. The van der Waals surface area contributed by atoms with Crippen molar-refractivity contribution in [2.45, 2.75) is 20.4 Å². The van der Waals surface area contributed by atoms with Gasteiger partial charge in [0.15, 0.2) is 5.13 Å². The third kappa shape index (κ3) is 4.33. The van der Waals surface area contributed by atoms with Crippen LogP contribution >= 0.6 is 11.3 Å². The maximum Gasteiger partial charge on any atom is 0.278 e. The zero-order valence-corrected chi connectivity index (χ0v) is 18.4. The average molecular weight is 430 g/mol. The Bertz CT molecular complexity index is 1020. The van der Waals surface area contributed by atoms with Gasteiger partial charge < -0.3 is 9.47 Å². The summed E-state index contributed by atoms with van der Waals surface area (Å²) < 4.78 is 13.6. The third-order valence-electron chi connectivity index (χ3n) is 5.22. The molecule has 160 valence electrons. The summed E-state index contributed by atoms with van der Waals surface area (Å²) in [6.07, 6.45) is 0. The molecule has 0 saturated carbocycles. The first kappa shape index (κ1) is 20.8. The molecule has 0 atom stereocenters. The Hall–Kier alpha value is -2.49. The molecule has 30 heavy (non-hydrogen) atoms. The number of carbonyl (C=O) groups excluding carboxylic acids is 1. The van der Waals surface area contributed by atoms with Gasteiger partial charge >= 0.3 is 0 Å². The summed E-state index contributed by atoms with van der Waals surface area (Å²) in [5.41, 5.74) is 2.26. The van der Waals surface area contributed by atoms with Gasteiger partial charge in [0.2, 0.25) is 0 Å². The largest absolute Gasteiger partial charge is 0.497 e. The van der Waals surface area contributed by atoms with Crippen molar-refractivity contribution in [1.29, 1.82) is 0 Å². The molecule has 1 amide bonds. The molecule has 3 aromatic rings. The lowest BCUT2D eigenvalue weighted by Gasteiger charge is -2.29. The van der Waals surface area contributed by atoms with Gasteiger partial charge in [-0.15, -0.1) is 0 Å². The van der Waals surface area contributed by atoms with E-state index in [1.807, 2.05) is 38.1 Å². The lowest BCUT2D eigenvalue weighted by molar-refractivity contribution is 0.0391. The van der Waals surface area contributed by atoms with E-state index in [1.165, 1.54) is 11.3 Å². The highest BCUT2D eigenvalue weighted by atomic mass is 32.1. The number of thiazole rings is 1. The molecule has 1 saturated heterocycles. The van der Waals surface area contributed by atoms with Gasteiger partial charge in [-0.05, 0) is 32.0 Å². The standard InChI is InChI=1S/C21H27N5O3S/c1-4-26-18(13-15(2)23-26)20(27)25(8-7-24-9-11-29-12-10-24)21-22-17-14-16(28-3)5-6-19(17)30-21/h5-6,13-14H,4,7-12H2,1-3H3. The minimum absolute atomic E-state index is 0.0725. The zero-order chi connectivity index (χ0) is 21.1. The molecule has 2 aromatic heterocycles. The Morgan fingerprint density at radius 1 is 1.30 bits per heavy atom. The highest BCUT2D eigenvalue weighted by molar-refractivity contribution is 7.22. The van der Waals surface area contributed by atoms with Crippen molar-refractivity contribution in [3.63, 3.8) is 0 Å². The summed E-state index contributed by atoms with van der Waals surface area (Å²) in [6, 6.07) is 7.66. The fraction of sp³-hybridized carbons (Fsp3) is 0.476. The van der Waals surface area contributed by atoms with Gasteiger partial charge in [0.05, 0.1) is 36.2 Å². The van der Waals surface area contributed by atoms with Crippen LogP contribution in [-0.4, -0.2) is 72.1 Å². The number of amides is 1. The van der Waals surface area contributed by atoms with E-state index in [1.54, 1.807) is 16.7 Å². The second-order valence-electron chi connectivity index (χ2n) is 7.23. The molecule has 1 fully saturated rings. The monoisotopic (exact) mass is 429 g/mol. The van der Waals surface area contributed by atoms with E-state index >= 15 is 0 Å². The van der Waals surface area contributed by atoms with Gasteiger partial charge in [-0.2, -0.15) is 5.10 Å². The number of carbonyl (C=O) groups is 1. The van der Waals surface area contributed by atoms with Crippen LogP contribution in [0.5, 0.6) is 5.75 Å². The minimum atomic E-state index is -0.0725. The molecule has 0 radical (unpaired) electrons. The molecule has 0 bridgehead atoms. The normalized spacial score (nSPS) is 14.9. The van der Waals surface area contributed by atoms with E-state index in [2.05, 4.69) is 10.00 Å². The zero-order valence-electron chi connectivity index (χ0n) is 17.6. The maximum absolute atomic E-state index is 13.6. The summed E-state index contributed by atoms with van der Waals surface area (Å²) >= 11 is 1.52. The fourth-order valence-electron chi connectivity index (χ4n) is 3.58. The number of aryl methyl sites for hydroxylation is 2. The van der Waals surface area contributed by atoms with Crippen molar-refractivity contribution < 1.29 is 14.3 Å². The predicted molar refractivity (Wildman–Crippen MR) is 118 cm³/mol. The summed E-state index contributed by atoms with van der Waals surface area (Å²) in [4.78, 5) is 22.4. The van der Waals surface area contributed by atoms with Gasteiger partial charge in [-0.1, -0.05) is 11.3 Å². The number of methoxy groups -OCH3 is 1. The highest BCUT2D eigenvalue weighted by Crippen LogP contribution is 2.32. The second-order valence-corrected chi connectivity index (χ2v) is 8.24. The van der Waals surface area contributed by atoms with Crippen molar-refractivity contribution in [2.24, 2.45) is 0 Å². The van der Waals surface area contributed by atoms with Crippen LogP contribution in [0.2, 0.25) is 0 Å². The van der Waals surface area contributed by atoms with Crippen LogP contribution in [0.25, 0.3) is 10.2 Å². The summed E-state index contributed by atoms with van der Waals surface area (Å²) in [6.45, 7) is 9.10. The molecule has 0 aliphatic carbocycles. The number of benzene rings is 1. The van der Waals surface area contributed by atoms with E-state index in [9.17, 15) is 4.79 Å². The Morgan fingerprint density at radius 2 is 2.10 bits per heavy atom. The number of nitrogens with zero attached hydrogens (tertiary/aromatic N) is 5. The lowest BCUT2D eigenvalue weighted by Crippen LogP contribution is -2.43. The van der Waals surface area contributed by atoms with Crippen molar-refractivity contribution in [1.82, 2.24) is 19.7 Å². The Morgan fingerprint density at radius 3 is 2.83 bits per heavy atom. The Labute approximate surface area is 180 Å². The van der Waals surface area contributed by atoms with Crippen LogP contribution in [0.1, 0.15) is 23.1 Å². The molecule has 1 aliphatic heterocycles. The molecule has 0 unspecified atom stereocenters. The molecule has 9 heteroatoms. The van der Waals surface area contributed by atoms with Crippen molar-refractivity contribution in [3.8, 4) is 5.75 Å².